The van der Waals surface area contributed by atoms with Crippen LogP contribution in [0.15, 0.2) is 35.2 Å². The van der Waals surface area contributed by atoms with Crippen LogP contribution in [0.1, 0.15) is 30.4 Å². The van der Waals surface area contributed by atoms with Crippen molar-refractivity contribution in [1.29, 1.82) is 0 Å². The van der Waals surface area contributed by atoms with Gasteiger partial charge in [-0.2, -0.15) is 8.42 Å². The van der Waals surface area contributed by atoms with E-state index in [0.29, 0.717) is 17.5 Å². The van der Waals surface area contributed by atoms with Crippen LogP contribution in [0.2, 0.25) is 10.0 Å². The summed E-state index contributed by atoms with van der Waals surface area (Å²) in [5.41, 5.74) is 1.76. The molecule has 1 aliphatic heterocycles. The smallest absolute Gasteiger partial charge is 0.339 e. The van der Waals surface area contributed by atoms with Gasteiger partial charge in [-0.3, -0.25) is 0 Å². The summed E-state index contributed by atoms with van der Waals surface area (Å²) in [4.78, 5) is 2.70. The van der Waals surface area contributed by atoms with E-state index in [9.17, 15) is 8.42 Å². The first-order valence-electron chi connectivity index (χ1n) is 9.71. The quantitative estimate of drug-likeness (QED) is 0.610. The van der Waals surface area contributed by atoms with Crippen molar-refractivity contribution in [2.45, 2.75) is 43.0 Å². The Morgan fingerprint density at radius 3 is 2.48 bits per heavy atom. The number of nitrogens with zero attached hydrogens (tertiary/aromatic N) is 1. The molecule has 156 valence electrons. The number of likely N-dealkylation sites (tertiary alicyclic amines) is 1. The van der Waals surface area contributed by atoms with Crippen LogP contribution in [0.5, 0.6) is 11.5 Å². The number of ether oxygens (including phenoxy) is 1. The molecule has 0 aromatic heterocycles. The van der Waals surface area contributed by atoms with Crippen molar-refractivity contribution in [2.75, 3.05) is 20.2 Å². The fourth-order valence-corrected chi connectivity index (χ4v) is 5.84. The third-order valence-corrected chi connectivity index (χ3v) is 7.83. The Balaban J connectivity index is 1.67. The summed E-state index contributed by atoms with van der Waals surface area (Å²) in [5, 5.41) is 0.579. The van der Waals surface area contributed by atoms with Crippen LogP contribution in [-0.2, 0) is 23.0 Å². The molecule has 2 aromatic carbocycles. The van der Waals surface area contributed by atoms with E-state index in [1.807, 2.05) is 0 Å². The molecule has 2 aromatic rings. The first-order chi connectivity index (χ1) is 13.9. The Morgan fingerprint density at radius 1 is 1.03 bits per heavy atom. The van der Waals surface area contributed by atoms with Gasteiger partial charge in [-0.15, -0.1) is 0 Å². The first kappa shape index (κ1) is 20.8. The minimum Gasteiger partial charge on any atom is -0.496 e. The Bertz CT molecular complexity index is 1020. The molecule has 8 heteroatoms. The predicted molar refractivity (Wildman–Crippen MR) is 114 cm³/mol. The summed E-state index contributed by atoms with van der Waals surface area (Å²) in [6, 6.07) is 8.12. The van der Waals surface area contributed by atoms with Crippen molar-refractivity contribution in [3.8, 4) is 11.5 Å². The third kappa shape index (κ3) is 4.22. The van der Waals surface area contributed by atoms with Crippen molar-refractivity contribution < 1.29 is 17.3 Å². The van der Waals surface area contributed by atoms with Crippen LogP contribution >= 0.6 is 23.2 Å². The maximum Gasteiger partial charge on any atom is 0.339 e. The second-order valence-electron chi connectivity index (χ2n) is 7.48. The molecule has 0 bridgehead atoms. The van der Waals surface area contributed by atoms with E-state index in [1.54, 1.807) is 19.2 Å². The fourth-order valence-electron chi connectivity index (χ4n) is 4.34. The highest BCUT2D eigenvalue weighted by Crippen LogP contribution is 2.37. The number of benzene rings is 2. The van der Waals surface area contributed by atoms with Crippen molar-refractivity contribution in [2.24, 2.45) is 0 Å². The van der Waals surface area contributed by atoms with E-state index in [4.69, 9.17) is 32.1 Å². The van der Waals surface area contributed by atoms with Crippen LogP contribution in [0.3, 0.4) is 0 Å². The van der Waals surface area contributed by atoms with Crippen LogP contribution < -0.4 is 8.92 Å². The van der Waals surface area contributed by atoms with Gasteiger partial charge in [-0.05, 0) is 75.0 Å². The highest BCUT2D eigenvalue weighted by molar-refractivity contribution is 7.87. The Kier molecular flexibility index (Phi) is 5.98. The number of rotatable bonds is 5. The lowest BCUT2D eigenvalue weighted by Gasteiger charge is -2.33. The topological polar surface area (TPSA) is 55.8 Å². The Labute approximate surface area is 181 Å². The molecule has 0 radical (unpaired) electrons. The van der Waals surface area contributed by atoms with Gasteiger partial charge in [0.15, 0.2) is 0 Å². The van der Waals surface area contributed by atoms with Crippen LogP contribution in [0.25, 0.3) is 0 Å². The second kappa shape index (κ2) is 8.34. The van der Waals surface area contributed by atoms with E-state index in [-0.39, 0.29) is 15.7 Å². The lowest BCUT2D eigenvalue weighted by molar-refractivity contribution is 0.219. The summed E-state index contributed by atoms with van der Waals surface area (Å²) in [6.07, 6.45) is 4.84. The fraction of sp³-hybridized carbons (Fsp3) is 0.429. The maximum absolute atomic E-state index is 13.1. The molecule has 5 nitrogen and oxygen atoms in total. The summed E-state index contributed by atoms with van der Waals surface area (Å²) in [7, 11) is -2.40. The lowest BCUT2D eigenvalue weighted by Crippen LogP contribution is -2.37. The number of hydrogen-bond donors (Lipinski definition) is 0. The van der Waals surface area contributed by atoms with E-state index < -0.39 is 10.1 Å². The van der Waals surface area contributed by atoms with Gasteiger partial charge in [-0.1, -0.05) is 23.2 Å². The molecule has 4 rings (SSSR count). The van der Waals surface area contributed by atoms with Gasteiger partial charge in [0.05, 0.1) is 17.2 Å². The van der Waals surface area contributed by atoms with Crippen molar-refractivity contribution in [3.05, 3.63) is 51.5 Å². The minimum absolute atomic E-state index is 0.134. The lowest BCUT2D eigenvalue weighted by atomic mass is 9.87. The zero-order valence-electron chi connectivity index (χ0n) is 16.2. The molecule has 0 N–H and O–H groups in total. The average Bonchev–Trinajstić information content (AvgIpc) is 3.24. The minimum atomic E-state index is -4.02. The zero-order valence-corrected chi connectivity index (χ0v) is 18.5. The van der Waals surface area contributed by atoms with Gasteiger partial charge in [0.25, 0.3) is 0 Å². The van der Waals surface area contributed by atoms with Gasteiger partial charge >= 0.3 is 10.1 Å². The monoisotopic (exact) mass is 455 g/mol. The average molecular weight is 456 g/mol. The Morgan fingerprint density at radius 2 is 1.79 bits per heavy atom. The standard InChI is InChI=1S/C21H23Cl2NO4S/c1-27-20-8-9-21(29(25,26)28-15-5-7-18(22)19(23)13-15)16-6-4-14(12-17(16)20)24-10-2-3-11-24/h5,7-9,13-14H,2-4,6,10-12H2,1H3. The number of hydrogen-bond acceptors (Lipinski definition) is 5. The molecular formula is C21H23Cl2NO4S. The predicted octanol–water partition coefficient (Wildman–Crippen LogP) is 4.72. The molecule has 1 fully saturated rings. The Hall–Kier alpha value is -1.47. The SMILES string of the molecule is COc1ccc(S(=O)(=O)Oc2ccc(Cl)c(Cl)c2)c2c1CC(N1CCCC1)CC2. The van der Waals surface area contributed by atoms with Crippen LogP contribution in [0.4, 0.5) is 0 Å². The maximum atomic E-state index is 13.1. The van der Waals surface area contributed by atoms with Crippen molar-refractivity contribution >= 4 is 33.3 Å². The second-order valence-corrected chi connectivity index (χ2v) is 9.81. The molecule has 0 spiro atoms. The van der Waals surface area contributed by atoms with Gasteiger partial charge in [0.2, 0.25) is 0 Å². The van der Waals surface area contributed by atoms with E-state index >= 15 is 0 Å². The van der Waals surface area contributed by atoms with E-state index in [0.717, 1.165) is 42.8 Å². The van der Waals surface area contributed by atoms with Gasteiger partial charge in [0, 0.05) is 17.7 Å². The molecule has 0 amide bonds. The highest BCUT2D eigenvalue weighted by atomic mass is 35.5. The van der Waals surface area contributed by atoms with Crippen molar-refractivity contribution in [1.82, 2.24) is 4.90 Å². The van der Waals surface area contributed by atoms with Crippen LogP contribution in [0, 0.1) is 0 Å². The molecular weight excluding hydrogens is 433 g/mol. The molecule has 1 heterocycles. The summed E-state index contributed by atoms with van der Waals surface area (Å²) >= 11 is 11.9. The summed E-state index contributed by atoms with van der Waals surface area (Å²) < 4.78 is 37.0. The first-order valence-corrected chi connectivity index (χ1v) is 11.9. The van der Waals surface area contributed by atoms with E-state index in [2.05, 4.69) is 4.90 Å². The van der Waals surface area contributed by atoms with Crippen LogP contribution in [-0.4, -0.2) is 39.6 Å². The van der Waals surface area contributed by atoms with Gasteiger partial charge in [-0.25, -0.2) is 0 Å². The molecule has 1 unspecified atom stereocenters. The third-order valence-electron chi connectivity index (χ3n) is 5.76. The highest BCUT2D eigenvalue weighted by Gasteiger charge is 2.32. The summed E-state index contributed by atoms with van der Waals surface area (Å²) in [6.45, 7) is 2.22. The number of fused-ring (bicyclic) bond motifs is 1. The molecule has 0 saturated carbocycles. The molecule has 29 heavy (non-hydrogen) atoms. The van der Waals surface area contributed by atoms with Gasteiger partial charge < -0.3 is 13.8 Å². The van der Waals surface area contributed by atoms with Gasteiger partial charge in [0.1, 0.15) is 16.4 Å². The normalized spacial score (nSPS) is 19.8. The van der Waals surface area contributed by atoms with Crippen molar-refractivity contribution in [3.63, 3.8) is 0 Å². The van der Waals surface area contributed by atoms with E-state index in [1.165, 1.54) is 31.0 Å². The molecule has 1 atom stereocenters. The zero-order chi connectivity index (χ0) is 20.6. The molecule has 2 aliphatic rings. The molecule has 1 saturated heterocycles. The number of methoxy groups -OCH3 is 1. The summed E-state index contributed by atoms with van der Waals surface area (Å²) in [5.74, 6) is 0.868. The number of halogens is 2. The molecule has 1 aliphatic carbocycles. The largest absolute Gasteiger partial charge is 0.496 e.